The average molecular weight is 325 g/mol. The second kappa shape index (κ2) is 6.28. The van der Waals surface area contributed by atoms with E-state index in [1.807, 2.05) is 0 Å². The van der Waals surface area contributed by atoms with Crippen LogP contribution in [0.25, 0.3) is 0 Å². The Balaban J connectivity index is 2.42. The first-order chi connectivity index (χ1) is 9.88. The van der Waals surface area contributed by atoms with Crippen LogP contribution < -0.4 is 0 Å². The molecular formula is C15H13ClO4S. The maximum atomic E-state index is 12.5. The van der Waals surface area contributed by atoms with Gasteiger partial charge in [-0.15, -0.1) is 0 Å². The van der Waals surface area contributed by atoms with Crippen molar-refractivity contribution in [2.45, 2.75) is 17.1 Å². The Hall–Kier alpha value is -1.85. The van der Waals surface area contributed by atoms with Gasteiger partial charge in [0.2, 0.25) is 0 Å². The van der Waals surface area contributed by atoms with Crippen molar-refractivity contribution >= 4 is 27.4 Å². The molecule has 0 heterocycles. The van der Waals surface area contributed by atoms with Gasteiger partial charge < -0.3 is 5.11 Å². The molecule has 0 unspecified atom stereocenters. The summed E-state index contributed by atoms with van der Waals surface area (Å²) in [6, 6.07) is 12.9. The summed E-state index contributed by atoms with van der Waals surface area (Å²) in [5.41, 5.74) is 0.847. The Labute approximate surface area is 127 Å². The highest BCUT2D eigenvalue weighted by Gasteiger charge is 2.20. The number of rotatable bonds is 5. The minimum atomic E-state index is -3.63. The number of sulfone groups is 1. The summed E-state index contributed by atoms with van der Waals surface area (Å²) in [5.74, 6) is -1.28. The van der Waals surface area contributed by atoms with Crippen LogP contribution in [0.1, 0.15) is 11.1 Å². The van der Waals surface area contributed by atoms with E-state index in [0.29, 0.717) is 10.6 Å². The molecule has 0 saturated carbocycles. The molecular weight excluding hydrogens is 312 g/mol. The zero-order chi connectivity index (χ0) is 15.5. The molecule has 0 bridgehead atoms. The van der Waals surface area contributed by atoms with Gasteiger partial charge in [0.1, 0.15) is 0 Å². The van der Waals surface area contributed by atoms with Crippen LogP contribution in [-0.4, -0.2) is 19.5 Å². The van der Waals surface area contributed by atoms with Crippen LogP contribution in [-0.2, 0) is 26.8 Å². The number of carboxylic acids is 1. The van der Waals surface area contributed by atoms with E-state index in [2.05, 4.69) is 0 Å². The van der Waals surface area contributed by atoms with Gasteiger partial charge in [-0.1, -0.05) is 41.9 Å². The predicted molar refractivity (Wildman–Crippen MR) is 80.1 cm³/mol. The molecule has 0 saturated heterocycles. The lowest BCUT2D eigenvalue weighted by Gasteiger charge is -2.10. The minimum Gasteiger partial charge on any atom is -0.481 e. The molecule has 2 rings (SSSR count). The Bertz CT molecular complexity index is 754. The number of benzene rings is 2. The molecule has 21 heavy (non-hydrogen) atoms. The van der Waals surface area contributed by atoms with Crippen LogP contribution in [0.5, 0.6) is 0 Å². The zero-order valence-corrected chi connectivity index (χ0v) is 12.6. The molecule has 0 spiro atoms. The fourth-order valence-corrected chi connectivity index (χ4v) is 3.81. The molecule has 110 valence electrons. The lowest BCUT2D eigenvalue weighted by atomic mass is 10.1. The lowest BCUT2D eigenvalue weighted by Crippen LogP contribution is -2.11. The third-order valence-corrected chi connectivity index (χ3v) is 4.92. The molecule has 0 aromatic heterocycles. The summed E-state index contributed by atoms with van der Waals surface area (Å²) >= 11 is 5.82. The van der Waals surface area contributed by atoms with Crippen molar-refractivity contribution in [3.05, 3.63) is 64.7 Å². The molecule has 4 nitrogen and oxygen atoms in total. The quantitative estimate of drug-likeness (QED) is 0.918. The van der Waals surface area contributed by atoms with Gasteiger partial charge in [-0.05, 0) is 29.3 Å². The van der Waals surface area contributed by atoms with Crippen LogP contribution in [0.3, 0.4) is 0 Å². The first kappa shape index (κ1) is 15.5. The second-order valence-corrected chi connectivity index (χ2v) is 6.96. The summed E-state index contributed by atoms with van der Waals surface area (Å²) in [4.78, 5) is 10.9. The van der Waals surface area contributed by atoms with Crippen LogP contribution in [0.2, 0.25) is 5.02 Å². The average Bonchev–Trinajstić information content (AvgIpc) is 2.38. The number of hydrogen-bond acceptors (Lipinski definition) is 3. The van der Waals surface area contributed by atoms with Crippen molar-refractivity contribution in [3.8, 4) is 0 Å². The highest BCUT2D eigenvalue weighted by molar-refractivity contribution is 7.90. The number of carboxylic acid groups (broad SMARTS) is 1. The third kappa shape index (κ3) is 4.06. The van der Waals surface area contributed by atoms with E-state index in [1.54, 1.807) is 30.3 Å². The van der Waals surface area contributed by atoms with Crippen LogP contribution >= 0.6 is 11.6 Å². The van der Waals surface area contributed by atoms with Gasteiger partial charge in [0.05, 0.1) is 17.1 Å². The summed E-state index contributed by atoms with van der Waals surface area (Å²) in [7, 11) is -3.63. The molecule has 0 aliphatic heterocycles. The van der Waals surface area contributed by atoms with Crippen molar-refractivity contribution in [2.24, 2.45) is 0 Å². The molecule has 2 aromatic rings. The molecule has 2 aromatic carbocycles. The Morgan fingerprint density at radius 3 is 2.38 bits per heavy atom. The van der Waals surface area contributed by atoms with Crippen molar-refractivity contribution in [2.75, 3.05) is 0 Å². The largest absolute Gasteiger partial charge is 0.481 e. The lowest BCUT2D eigenvalue weighted by molar-refractivity contribution is -0.136. The maximum absolute atomic E-state index is 12.5. The standard InChI is InChI=1S/C15H13ClO4S/c16-13-6-7-14(12(8-13)9-15(17)18)21(19,20)10-11-4-2-1-3-5-11/h1-8H,9-10H2,(H,17,18). The van der Waals surface area contributed by atoms with Gasteiger partial charge >= 0.3 is 5.97 Å². The van der Waals surface area contributed by atoms with E-state index in [9.17, 15) is 13.2 Å². The van der Waals surface area contributed by atoms with Crippen LogP contribution in [0.4, 0.5) is 0 Å². The molecule has 0 amide bonds. The smallest absolute Gasteiger partial charge is 0.307 e. The third-order valence-electron chi connectivity index (χ3n) is 2.90. The maximum Gasteiger partial charge on any atom is 0.307 e. The second-order valence-electron chi connectivity index (χ2n) is 4.57. The Kier molecular flexibility index (Phi) is 4.65. The SMILES string of the molecule is O=C(O)Cc1cc(Cl)ccc1S(=O)(=O)Cc1ccccc1. The van der Waals surface area contributed by atoms with Crippen molar-refractivity contribution in [3.63, 3.8) is 0 Å². The molecule has 6 heteroatoms. The molecule has 0 aliphatic rings. The minimum absolute atomic E-state index is 0.0122. The van der Waals surface area contributed by atoms with Gasteiger partial charge in [-0.3, -0.25) is 4.79 Å². The van der Waals surface area contributed by atoms with E-state index in [4.69, 9.17) is 16.7 Å². The predicted octanol–water partition coefficient (Wildman–Crippen LogP) is 2.94. The van der Waals surface area contributed by atoms with Crippen LogP contribution in [0, 0.1) is 0 Å². The molecule has 0 radical (unpaired) electrons. The van der Waals surface area contributed by atoms with E-state index in [-0.39, 0.29) is 22.6 Å². The van der Waals surface area contributed by atoms with Gasteiger partial charge in [-0.25, -0.2) is 8.42 Å². The summed E-state index contributed by atoms with van der Waals surface area (Å²) in [6.07, 6.45) is -0.385. The van der Waals surface area contributed by atoms with Crippen molar-refractivity contribution in [1.29, 1.82) is 0 Å². The number of carbonyl (C=O) groups is 1. The van der Waals surface area contributed by atoms with E-state index < -0.39 is 15.8 Å². The van der Waals surface area contributed by atoms with Gasteiger partial charge in [0, 0.05) is 5.02 Å². The van der Waals surface area contributed by atoms with Gasteiger partial charge in [-0.2, -0.15) is 0 Å². The van der Waals surface area contributed by atoms with Crippen LogP contribution in [0.15, 0.2) is 53.4 Å². The Morgan fingerprint density at radius 1 is 1.10 bits per heavy atom. The van der Waals surface area contributed by atoms with Crippen molar-refractivity contribution < 1.29 is 18.3 Å². The number of aliphatic carboxylic acids is 1. The fourth-order valence-electron chi connectivity index (χ4n) is 2.02. The Morgan fingerprint density at radius 2 is 1.76 bits per heavy atom. The normalized spacial score (nSPS) is 11.3. The first-order valence-electron chi connectivity index (χ1n) is 6.15. The zero-order valence-electron chi connectivity index (χ0n) is 11.0. The summed E-state index contributed by atoms with van der Waals surface area (Å²) in [6.45, 7) is 0. The number of hydrogen-bond donors (Lipinski definition) is 1. The van der Waals surface area contributed by atoms with E-state index in [1.165, 1.54) is 18.2 Å². The van der Waals surface area contributed by atoms with Gasteiger partial charge in [0.15, 0.2) is 9.84 Å². The van der Waals surface area contributed by atoms with E-state index in [0.717, 1.165) is 0 Å². The molecule has 0 atom stereocenters. The van der Waals surface area contributed by atoms with E-state index >= 15 is 0 Å². The first-order valence-corrected chi connectivity index (χ1v) is 8.18. The highest BCUT2D eigenvalue weighted by atomic mass is 35.5. The summed E-state index contributed by atoms with van der Waals surface area (Å²) in [5, 5.41) is 9.21. The van der Waals surface area contributed by atoms with Gasteiger partial charge in [0.25, 0.3) is 0 Å². The molecule has 0 fully saturated rings. The fraction of sp³-hybridized carbons (Fsp3) is 0.133. The molecule has 1 N–H and O–H groups in total. The van der Waals surface area contributed by atoms with Crippen molar-refractivity contribution in [1.82, 2.24) is 0 Å². The highest BCUT2D eigenvalue weighted by Crippen LogP contribution is 2.24. The topological polar surface area (TPSA) is 71.4 Å². The molecule has 0 aliphatic carbocycles. The number of halogens is 1. The summed E-state index contributed by atoms with van der Waals surface area (Å²) < 4.78 is 25.0. The monoisotopic (exact) mass is 324 g/mol.